The first-order chi connectivity index (χ1) is 14.9. The molecule has 2 amide bonds. The number of benzene rings is 2. The molecule has 31 heavy (non-hydrogen) atoms. The second-order valence-corrected chi connectivity index (χ2v) is 7.23. The number of guanidine groups is 1. The molecule has 0 saturated heterocycles. The van der Waals surface area contributed by atoms with Gasteiger partial charge in [-0.25, -0.2) is 19.2 Å². The molecular weight excluding hydrogens is 419 g/mol. The van der Waals surface area contributed by atoms with Gasteiger partial charge in [0.2, 0.25) is 11.9 Å². The molecule has 0 unspecified atom stereocenters. The number of urea groups is 1. The number of nitrogens with zero attached hydrogens (tertiary/aromatic N) is 3. The number of aliphatic imine (C=N–C) groups is 1. The van der Waals surface area contributed by atoms with Crippen LogP contribution in [0.5, 0.6) is 0 Å². The van der Waals surface area contributed by atoms with E-state index in [1.165, 1.54) is 12.1 Å². The van der Waals surface area contributed by atoms with Crippen LogP contribution in [-0.4, -0.2) is 28.5 Å². The highest BCUT2D eigenvalue weighted by atomic mass is 35.5. The van der Waals surface area contributed by atoms with Crippen LogP contribution >= 0.6 is 11.6 Å². The number of carbonyl (C=O) groups excluding carboxylic acids is 1. The lowest BCUT2D eigenvalue weighted by molar-refractivity contribution is 0.256. The van der Waals surface area contributed by atoms with Gasteiger partial charge in [-0.2, -0.15) is 0 Å². The smallest absolute Gasteiger partial charge is 0.308 e. The minimum absolute atomic E-state index is 0.193. The predicted molar refractivity (Wildman–Crippen MR) is 121 cm³/mol. The normalized spacial score (nSPS) is 11.2. The molecule has 0 spiro atoms. The maximum absolute atomic E-state index is 13.1. The van der Waals surface area contributed by atoms with Gasteiger partial charge in [-0.15, -0.1) is 0 Å². The average Bonchev–Trinajstić information content (AvgIpc) is 2.70. The van der Waals surface area contributed by atoms with Crippen molar-refractivity contribution >= 4 is 35.2 Å². The summed E-state index contributed by atoms with van der Waals surface area (Å²) in [7, 11) is 0. The predicted octanol–water partition coefficient (Wildman–Crippen LogP) is 4.72. The van der Waals surface area contributed by atoms with Crippen molar-refractivity contribution in [2.24, 2.45) is 4.99 Å². The maximum Gasteiger partial charge on any atom is 0.326 e. The summed E-state index contributed by atoms with van der Waals surface area (Å²) < 4.78 is 13.1. The molecule has 0 saturated carbocycles. The maximum atomic E-state index is 13.1. The zero-order valence-electron chi connectivity index (χ0n) is 17.1. The summed E-state index contributed by atoms with van der Waals surface area (Å²) in [5.41, 5.74) is 3.07. The van der Waals surface area contributed by atoms with Crippen LogP contribution in [-0.2, 0) is 6.42 Å². The van der Waals surface area contributed by atoms with Crippen LogP contribution < -0.4 is 16.0 Å². The molecular formula is C22H22ClFN6O. The van der Waals surface area contributed by atoms with Gasteiger partial charge in [0.25, 0.3) is 0 Å². The first-order valence-corrected chi connectivity index (χ1v) is 9.97. The van der Waals surface area contributed by atoms with E-state index in [-0.39, 0.29) is 11.8 Å². The fraction of sp³-hybridized carbons (Fsp3) is 0.182. The zero-order valence-corrected chi connectivity index (χ0v) is 17.9. The van der Waals surface area contributed by atoms with Crippen LogP contribution in [0.2, 0.25) is 5.02 Å². The van der Waals surface area contributed by atoms with Crippen LogP contribution in [0.25, 0.3) is 0 Å². The van der Waals surface area contributed by atoms with E-state index in [0.29, 0.717) is 29.6 Å². The Kier molecular flexibility index (Phi) is 7.50. The zero-order chi connectivity index (χ0) is 22.2. The van der Waals surface area contributed by atoms with Crippen LogP contribution in [0.15, 0.2) is 59.6 Å². The molecule has 0 radical (unpaired) electrons. The van der Waals surface area contributed by atoms with Crippen LogP contribution in [0.3, 0.4) is 0 Å². The Morgan fingerprint density at radius 2 is 1.65 bits per heavy atom. The number of rotatable bonds is 5. The molecule has 3 aromatic rings. The molecule has 160 valence electrons. The van der Waals surface area contributed by atoms with E-state index in [0.717, 1.165) is 17.0 Å². The van der Waals surface area contributed by atoms with Gasteiger partial charge < -0.3 is 5.32 Å². The Morgan fingerprint density at radius 3 is 2.29 bits per heavy atom. The van der Waals surface area contributed by atoms with Gasteiger partial charge in [0.15, 0.2) is 0 Å². The van der Waals surface area contributed by atoms with Gasteiger partial charge in [-0.05, 0) is 68.3 Å². The molecule has 0 aliphatic rings. The van der Waals surface area contributed by atoms with Crippen molar-refractivity contribution in [1.82, 2.24) is 15.3 Å². The number of carbonyl (C=O) groups is 1. The van der Waals surface area contributed by atoms with Crippen molar-refractivity contribution in [1.29, 1.82) is 0 Å². The number of nitrogens with one attached hydrogen (secondary N) is 3. The Balaban J connectivity index is 1.71. The highest BCUT2D eigenvalue weighted by Gasteiger charge is 2.09. The van der Waals surface area contributed by atoms with Crippen LogP contribution in [0.1, 0.15) is 17.0 Å². The van der Waals surface area contributed by atoms with Gasteiger partial charge in [-0.3, -0.25) is 15.6 Å². The number of amides is 2. The van der Waals surface area contributed by atoms with Crippen molar-refractivity contribution in [3.05, 3.63) is 82.4 Å². The Morgan fingerprint density at radius 1 is 1.00 bits per heavy atom. The fourth-order valence-electron chi connectivity index (χ4n) is 2.75. The van der Waals surface area contributed by atoms with E-state index in [2.05, 4.69) is 30.9 Å². The van der Waals surface area contributed by atoms with Gasteiger partial charge >= 0.3 is 6.03 Å². The van der Waals surface area contributed by atoms with E-state index < -0.39 is 6.03 Å². The Hall–Kier alpha value is -3.52. The van der Waals surface area contributed by atoms with Crippen molar-refractivity contribution < 1.29 is 9.18 Å². The third-order valence-corrected chi connectivity index (χ3v) is 4.38. The van der Waals surface area contributed by atoms with E-state index in [4.69, 9.17) is 11.6 Å². The van der Waals surface area contributed by atoms with E-state index in [1.807, 2.05) is 19.9 Å². The van der Waals surface area contributed by atoms with E-state index in [9.17, 15) is 9.18 Å². The number of aromatic nitrogens is 2. The number of hydrogen-bond donors (Lipinski definition) is 3. The molecule has 7 nitrogen and oxygen atoms in total. The lowest BCUT2D eigenvalue weighted by atomic mass is 10.1. The SMILES string of the molecule is Cc1cc(C)nc(NC(=NCCc2ccc(F)cc2)NC(=O)Nc2ccc(Cl)cc2)n1. The second kappa shape index (κ2) is 10.5. The summed E-state index contributed by atoms with van der Waals surface area (Å²) in [6, 6.07) is 14.3. The van der Waals surface area contributed by atoms with Gasteiger partial charge in [-0.1, -0.05) is 23.7 Å². The van der Waals surface area contributed by atoms with Crippen molar-refractivity contribution in [3.8, 4) is 0 Å². The van der Waals surface area contributed by atoms with Crippen LogP contribution in [0.4, 0.5) is 20.8 Å². The highest BCUT2D eigenvalue weighted by molar-refractivity contribution is 6.30. The van der Waals surface area contributed by atoms with Gasteiger partial charge in [0.05, 0.1) is 0 Å². The summed E-state index contributed by atoms with van der Waals surface area (Å²) in [6.45, 7) is 4.07. The number of aryl methyl sites for hydroxylation is 2. The molecule has 0 aliphatic carbocycles. The molecule has 3 rings (SSSR count). The molecule has 1 aromatic heterocycles. The second-order valence-electron chi connectivity index (χ2n) is 6.79. The van der Waals surface area contributed by atoms with E-state index in [1.54, 1.807) is 36.4 Å². The van der Waals surface area contributed by atoms with Gasteiger partial charge in [0.1, 0.15) is 5.82 Å². The molecule has 9 heteroatoms. The van der Waals surface area contributed by atoms with Crippen LogP contribution in [0, 0.1) is 19.7 Å². The molecule has 0 aliphatic heterocycles. The molecule has 0 bridgehead atoms. The van der Waals surface area contributed by atoms with Gasteiger partial charge in [0, 0.05) is 28.6 Å². The summed E-state index contributed by atoms with van der Waals surface area (Å²) in [4.78, 5) is 25.5. The van der Waals surface area contributed by atoms with Crippen molar-refractivity contribution in [2.75, 3.05) is 17.2 Å². The third-order valence-electron chi connectivity index (χ3n) is 4.13. The summed E-state index contributed by atoms with van der Waals surface area (Å²) in [6.07, 6.45) is 0.569. The Labute approximate surface area is 184 Å². The van der Waals surface area contributed by atoms with Crippen molar-refractivity contribution in [3.63, 3.8) is 0 Å². The monoisotopic (exact) mass is 440 g/mol. The molecule has 0 fully saturated rings. The first-order valence-electron chi connectivity index (χ1n) is 9.59. The standard InChI is InChI=1S/C22H22ClFN6O/c1-14-13-15(2)27-21(26-14)29-20(25-12-11-16-3-7-18(24)8-4-16)30-22(31)28-19-9-5-17(23)6-10-19/h3-10,13H,11-12H2,1-2H3,(H3,25,26,27,28,29,30,31). The number of halogens is 2. The third kappa shape index (κ3) is 7.35. The molecule has 1 heterocycles. The first kappa shape index (κ1) is 22.2. The lowest BCUT2D eigenvalue weighted by Crippen LogP contribution is -2.39. The molecule has 2 aromatic carbocycles. The molecule has 0 atom stereocenters. The number of hydrogen-bond acceptors (Lipinski definition) is 4. The Bertz CT molecular complexity index is 1050. The molecule has 3 N–H and O–H groups in total. The number of anilines is 2. The quantitative estimate of drug-likeness (QED) is 0.395. The lowest BCUT2D eigenvalue weighted by Gasteiger charge is -2.12. The van der Waals surface area contributed by atoms with E-state index >= 15 is 0 Å². The summed E-state index contributed by atoms with van der Waals surface area (Å²) >= 11 is 5.87. The average molecular weight is 441 g/mol. The fourth-order valence-corrected chi connectivity index (χ4v) is 2.88. The summed E-state index contributed by atoms with van der Waals surface area (Å²) in [5, 5.41) is 8.92. The largest absolute Gasteiger partial charge is 0.326 e. The topological polar surface area (TPSA) is 91.3 Å². The van der Waals surface area contributed by atoms with Crippen molar-refractivity contribution in [2.45, 2.75) is 20.3 Å². The minimum Gasteiger partial charge on any atom is -0.308 e. The highest BCUT2D eigenvalue weighted by Crippen LogP contribution is 2.13. The summed E-state index contributed by atoms with van der Waals surface area (Å²) in [5.74, 6) is 0.227. The minimum atomic E-state index is -0.486.